The average molecular weight is 157 g/mol. The smallest absolute Gasteiger partial charge is 0.195 e. The van der Waals surface area contributed by atoms with Gasteiger partial charge in [0.15, 0.2) is 5.96 Å². The normalized spacial score (nSPS) is 16.3. The lowest BCUT2D eigenvalue weighted by molar-refractivity contribution is 0.553. The molecular formula is C8H19N3. The fourth-order valence-electron chi connectivity index (χ4n) is 1.13. The molecule has 0 unspecified atom stereocenters. The summed E-state index contributed by atoms with van der Waals surface area (Å²) in [5.41, 5.74) is 0. The van der Waals surface area contributed by atoms with Crippen LogP contribution in [0.3, 0.4) is 0 Å². The zero-order valence-electron chi connectivity index (χ0n) is 8.26. The second kappa shape index (κ2) is 4.99. The van der Waals surface area contributed by atoms with Gasteiger partial charge in [-0.1, -0.05) is 13.8 Å². The number of hydrogen-bond acceptors (Lipinski definition) is 1. The zero-order valence-corrected chi connectivity index (χ0v) is 8.26. The maximum atomic E-state index is 4.12. The molecule has 3 nitrogen and oxygen atoms in total. The number of likely N-dealkylation sites (N-methyl/N-ethyl adjacent to an activating group) is 2. The largest absolute Gasteiger partial charge is 0.344 e. The van der Waals surface area contributed by atoms with Crippen LogP contribution in [-0.2, 0) is 0 Å². The van der Waals surface area contributed by atoms with Gasteiger partial charge < -0.3 is 9.80 Å². The molecule has 0 aromatic heterocycles. The molecule has 1 aliphatic heterocycles. The summed E-state index contributed by atoms with van der Waals surface area (Å²) in [6.07, 6.45) is 0. The number of rotatable bonds is 0. The van der Waals surface area contributed by atoms with E-state index in [1.54, 1.807) is 0 Å². The molecule has 0 spiro atoms. The quantitative estimate of drug-likeness (QED) is 0.520. The first-order valence-electron chi connectivity index (χ1n) is 4.14. The Morgan fingerprint density at radius 1 is 1.09 bits per heavy atom. The lowest BCUT2D eigenvalue weighted by Crippen LogP contribution is -2.27. The molecule has 1 fully saturated rings. The molecule has 0 aromatic rings. The average Bonchev–Trinajstić information content (AvgIpc) is 2.35. The van der Waals surface area contributed by atoms with E-state index < -0.39 is 0 Å². The van der Waals surface area contributed by atoms with Gasteiger partial charge in [0.2, 0.25) is 0 Å². The molecular weight excluding hydrogens is 138 g/mol. The third-order valence-corrected chi connectivity index (χ3v) is 1.65. The van der Waals surface area contributed by atoms with Gasteiger partial charge in [0.25, 0.3) is 0 Å². The van der Waals surface area contributed by atoms with Crippen LogP contribution in [0.2, 0.25) is 0 Å². The first kappa shape index (κ1) is 10.3. The Balaban J connectivity index is 0.000000461. The van der Waals surface area contributed by atoms with Crippen molar-refractivity contribution < 1.29 is 0 Å². The minimum atomic E-state index is 1.09. The van der Waals surface area contributed by atoms with Crippen molar-refractivity contribution in [3.05, 3.63) is 0 Å². The van der Waals surface area contributed by atoms with Crippen molar-refractivity contribution in [2.24, 2.45) is 4.99 Å². The fourth-order valence-corrected chi connectivity index (χ4v) is 1.13. The van der Waals surface area contributed by atoms with E-state index in [4.69, 9.17) is 0 Å². The van der Waals surface area contributed by atoms with E-state index in [0.717, 1.165) is 19.0 Å². The lowest BCUT2D eigenvalue weighted by atomic mass is 10.6. The number of aliphatic imine (C=N–C) groups is 1. The maximum absolute atomic E-state index is 4.12. The first-order valence-corrected chi connectivity index (χ1v) is 4.14. The zero-order chi connectivity index (χ0) is 8.85. The van der Waals surface area contributed by atoms with Crippen LogP contribution >= 0.6 is 0 Å². The van der Waals surface area contributed by atoms with Crippen LogP contribution in [-0.4, -0.2) is 50.0 Å². The van der Waals surface area contributed by atoms with Crippen LogP contribution in [0, 0.1) is 0 Å². The van der Waals surface area contributed by atoms with Crippen LogP contribution in [0.4, 0.5) is 0 Å². The van der Waals surface area contributed by atoms with Crippen LogP contribution < -0.4 is 0 Å². The van der Waals surface area contributed by atoms with Crippen LogP contribution in [0.1, 0.15) is 13.8 Å². The van der Waals surface area contributed by atoms with E-state index in [1.807, 2.05) is 20.9 Å². The van der Waals surface area contributed by atoms with E-state index in [-0.39, 0.29) is 0 Å². The van der Waals surface area contributed by atoms with Crippen molar-refractivity contribution in [2.75, 3.05) is 34.2 Å². The molecule has 1 aliphatic rings. The van der Waals surface area contributed by atoms with Crippen molar-refractivity contribution in [1.29, 1.82) is 0 Å². The Kier molecular flexibility index (Phi) is 4.66. The minimum Gasteiger partial charge on any atom is -0.344 e. The summed E-state index contributed by atoms with van der Waals surface area (Å²) >= 11 is 0. The number of hydrogen-bond donors (Lipinski definition) is 0. The topological polar surface area (TPSA) is 18.8 Å². The van der Waals surface area contributed by atoms with Gasteiger partial charge >= 0.3 is 0 Å². The Morgan fingerprint density at radius 3 is 1.64 bits per heavy atom. The second-order valence-electron chi connectivity index (χ2n) is 2.37. The SMILES string of the molecule is CC.CN=C1N(C)CCN1C. The Labute approximate surface area is 69.7 Å². The lowest BCUT2D eigenvalue weighted by Gasteiger charge is -2.13. The van der Waals surface area contributed by atoms with Crippen LogP contribution in [0.5, 0.6) is 0 Å². The van der Waals surface area contributed by atoms with Gasteiger partial charge in [-0.3, -0.25) is 4.99 Å². The molecule has 1 rings (SSSR count). The van der Waals surface area contributed by atoms with Crippen molar-refractivity contribution in [3.8, 4) is 0 Å². The van der Waals surface area contributed by atoms with Gasteiger partial charge in [-0.15, -0.1) is 0 Å². The van der Waals surface area contributed by atoms with E-state index in [0.29, 0.717) is 0 Å². The molecule has 0 amide bonds. The molecule has 0 saturated carbocycles. The third-order valence-electron chi connectivity index (χ3n) is 1.65. The monoisotopic (exact) mass is 157 g/mol. The van der Waals surface area contributed by atoms with Gasteiger partial charge in [0.1, 0.15) is 0 Å². The predicted octanol–water partition coefficient (Wildman–Crippen LogP) is 0.876. The summed E-state index contributed by atoms with van der Waals surface area (Å²) < 4.78 is 0. The van der Waals surface area contributed by atoms with Gasteiger partial charge in [-0.25, -0.2) is 0 Å². The van der Waals surface area contributed by atoms with Crippen molar-refractivity contribution >= 4 is 5.96 Å². The third kappa shape index (κ3) is 2.41. The standard InChI is InChI=1S/C6H13N3.C2H6/c1-7-6-8(2)4-5-9(6)3;1-2/h4-5H2,1-3H3;1-2H3. The molecule has 11 heavy (non-hydrogen) atoms. The van der Waals surface area contributed by atoms with Crippen LogP contribution in [0.25, 0.3) is 0 Å². The second-order valence-corrected chi connectivity index (χ2v) is 2.37. The number of guanidine groups is 1. The summed E-state index contributed by atoms with van der Waals surface area (Å²) in [5.74, 6) is 1.09. The highest BCUT2D eigenvalue weighted by Gasteiger charge is 2.17. The Bertz CT molecular complexity index is 119. The molecule has 3 heteroatoms. The number of nitrogens with zero attached hydrogens (tertiary/aromatic N) is 3. The molecule has 0 radical (unpaired) electrons. The predicted molar refractivity (Wildman–Crippen MR) is 50.0 cm³/mol. The van der Waals surface area contributed by atoms with Gasteiger partial charge in [0, 0.05) is 34.2 Å². The molecule has 0 atom stereocenters. The molecule has 0 N–H and O–H groups in total. The summed E-state index contributed by atoms with van der Waals surface area (Å²) in [7, 11) is 5.95. The highest BCUT2D eigenvalue weighted by atomic mass is 15.4. The fraction of sp³-hybridized carbons (Fsp3) is 0.875. The molecule has 0 bridgehead atoms. The van der Waals surface area contributed by atoms with Crippen molar-refractivity contribution in [1.82, 2.24) is 9.80 Å². The van der Waals surface area contributed by atoms with E-state index in [1.165, 1.54) is 0 Å². The summed E-state index contributed by atoms with van der Waals surface area (Å²) in [6, 6.07) is 0. The van der Waals surface area contributed by atoms with Crippen molar-refractivity contribution in [2.45, 2.75) is 13.8 Å². The van der Waals surface area contributed by atoms with Crippen molar-refractivity contribution in [3.63, 3.8) is 0 Å². The van der Waals surface area contributed by atoms with E-state index >= 15 is 0 Å². The summed E-state index contributed by atoms with van der Waals surface area (Å²) in [5, 5.41) is 0. The van der Waals surface area contributed by atoms with Gasteiger partial charge in [-0.05, 0) is 0 Å². The highest BCUT2D eigenvalue weighted by molar-refractivity contribution is 5.81. The maximum Gasteiger partial charge on any atom is 0.195 e. The Morgan fingerprint density at radius 2 is 1.45 bits per heavy atom. The molecule has 0 aromatic carbocycles. The minimum absolute atomic E-state index is 1.09. The van der Waals surface area contributed by atoms with E-state index in [2.05, 4.69) is 28.9 Å². The van der Waals surface area contributed by atoms with Crippen LogP contribution in [0.15, 0.2) is 4.99 Å². The molecule has 66 valence electrons. The summed E-state index contributed by atoms with van der Waals surface area (Å²) in [6.45, 7) is 6.20. The van der Waals surface area contributed by atoms with E-state index in [9.17, 15) is 0 Å². The van der Waals surface area contributed by atoms with Gasteiger partial charge in [-0.2, -0.15) is 0 Å². The molecule has 0 aliphatic carbocycles. The first-order chi connectivity index (χ1) is 5.25. The summed E-state index contributed by atoms with van der Waals surface area (Å²) in [4.78, 5) is 8.42. The molecule has 1 heterocycles. The Hall–Kier alpha value is -0.730. The highest BCUT2D eigenvalue weighted by Crippen LogP contribution is 2.01. The van der Waals surface area contributed by atoms with Gasteiger partial charge in [0.05, 0.1) is 0 Å². The molecule has 1 saturated heterocycles.